The number of amides is 2. The highest BCUT2D eigenvalue weighted by molar-refractivity contribution is 5.80. The number of urea groups is 1. The molecule has 1 rings (SSSR count). The lowest BCUT2D eigenvalue weighted by Gasteiger charge is -2.12. The molecule has 8 heteroatoms. The molecule has 0 spiro atoms. The third kappa shape index (κ3) is 4.58. The van der Waals surface area contributed by atoms with Crippen molar-refractivity contribution in [1.82, 2.24) is 10.6 Å². The molecule has 1 aliphatic rings. The van der Waals surface area contributed by atoms with Crippen molar-refractivity contribution in [2.45, 2.75) is 25.0 Å². The molecule has 0 radical (unpaired) electrons. The first-order valence-corrected chi connectivity index (χ1v) is 5.49. The van der Waals surface area contributed by atoms with Gasteiger partial charge in [0.15, 0.2) is 6.10 Å². The van der Waals surface area contributed by atoms with Gasteiger partial charge < -0.3 is 25.2 Å². The molecule has 2 atom stereocenters. The summed E-state index contributed by atoms with van der Waals surface area (Å²) in [5.74, 6) is -1.54. The number of esters is 1. The van der Waals surface area contributed by atoms with E-state index in [1.165, 1.54) is 7.11 Å². The number of methoxy groups -OCH3 is 1. The predicted molar refractivity (Wildman–Crippen MR) is 58.9 cm³/mol. The number of nitrogens with one attached hydrogen (secondary N) is 2. The van der Waals surface area contributed by atoms with Gasteiger partial charge in [-0.1, -0.05) is 0 Å². The van der Waals surface area contributed by atoms with E-state index in [4.69, 9.17) is 9.84 Å². The van der Waals surface area contributed by atoms with Crippen LogP contribution in [0.1, 0.15) is 12.8 Å². The van der Waals surface area contributed by atoms with Gasteiger partial charge in [0.2, 0.25) is 0 Å². The maximum atomic E-state index is 11.2. The fourth-order valence-corrected chi connectivity index (χ4v) is 1.53. The molecule has 0 aromatic carbocycles. The van der Waals surface area contributed by atoms with E-state index in [1.807, 2.05) is 0 Å². The third-order valence-electron chi connectivity index (χ3n) is 2.49. The molecule has 102 valence electrons. The molecule has 1 fully saturated rings. The van der Waals surface area contributed by atoms with E-state index in [0.717, 1.165) is 0 Å². The van der Waals surface area contributed by atoms with Crippen LogP contribution in [0.2, 0.25) is 0 Å². The molecule has 0 aromatic rings. The summed E-state index contributed by atoms with van der Waals surface area (Å²) in [6.07, 6.45) is -0.0930. The van der Waals surface area contributed by atoms with Crippen molar-refractivity contribution in [3.8, 4) is 0 Å². The van der Waals surface area contributed by atoms with Crippen molar-refractivity contribution in [2.75, 3.05) is 20.2 Å². The molecule has 8 nitrogen and oxygen atoms in total. The standard InChI is InChI=1S/C10H16N2O6/c1-17-8(13)5-12-10(16)11-4-6-2-3-7(18-6)9(14)15/h6-7H,2-5H2,1H3,(H,14,15)(H2,11,12,16). The number of carboxylic acids is 1. The van der Waals surface area contributed by atoms with Crippen LogP contribution in [-0.4, -0.2) is 55.5 Å². The van der Waals surface area contributed by atoms with E-state index in [-0.39, 0.29) is 19.2 Å². The number of hydrogen-bond acceptors (Lipinski definition) is 5. The lowest BCUT2D eigenvalue weighted by Crippen LogP contribution is -2.42. The van der Waals surface area contributed by atoms with Crippen LogP contribution < -0.4 is 10.6 Å². The average molecular weight is 260 g/mol. The molecule has 0 bridgehead atoms. The zero-order chi connectivity index (χ0) is 13.5. The van der Waals surface area contributed by atoms with Crippen molar-refractivity contribution >= 4 is 18.0 Å². The zero-order valence-electron chi connectivity index (χ0n) is 9.97. The minimum absolute atomic E-state index is 0.205. The SMILES string of the molecule is COC(=O)CNC(=O)NCC1CCC(C(=O)O)O1. The van der Waals surface area contributed by atoms with Gasteiger partial charge in [-0.05, 0) is 12.8 Å². The Kier molecular flexibility index (Phi) is 5.37. The maximum Gasteiger partial charge on any atom is 0.332 e. The Hall–Kier alpha value is -1.83. The fraction of sp³-hybridized carbons (Fsp3) is 0.700. The summed E-state index contributed by atoms with van der Waals surface area (Å²) in [5, 5.41) is 13.5. The van der Waals surface area contributed by atoms with Crippen molar-refractivity contribution in [1.29, 1.82) is 0 Å². The maximum absolute atomic E-state index is 11.2. The molecule has 0 aromatic heterocycles. The fourth-order valence-electron chi connectivity index (χ4n) is 1.53. The lowest BCUT2D eigenvalue weighted by molar-refractivity contribution is -0.149. The summed E-state index contributed by atoms with van der Waals surface area (Å²) in [5.41, 5.74) is 0. The summed E-state index contributed by atoms with van der Waals surface area (Å²) in [6.45, 7) is -0.0115. The van der Waals surface area contributed by atoms with E-state index in [1.54, 1.807) is 0 Å². The first kappa shape index (κ1) is 14.2. The summed E-state index contributed by atoms with van der Waals surface area (Å²) in [7, 11) is 1.22. The van der Waals surface area contributed by atoms with E-state index in [9.17, 15) is 14.4 Å². The number of rotatable bonds is 5. The highest BCUT2D eigenvalue weighted by atomic mass is 16.5. The number of ether oxygens (including phenoxy) is 2. The van der Waals surface area contributed by atoms with E-state index < -0.39 is 24.1 Å². The Morgan fingerprint density at radius 3 is 2.61 bits per heavy atom. The molecule has 0 saturated carbocycles. The van der Waals surface area contributed by atoms with E-state index in [2.05, 4.69) is 15.4 Å². The second-order valence-corrected chi connectivity index (χ2v) is 3.80. The van der Waals surface area contributed by atoms with Crippen LogP contribution in [-0.2, 0) is 19.1 Å². The average Bonchev–Trinajstić information content (AvgIpc) is 2.82. The number of carbonyl (C=O) groups excluding carboxylic acids is 2. The lowest BCUT2D eigenvalue weighted by atomic mass is 10.2. The summed E-state index contributed by atoms with van der Waals surface area (Å²) >= 11 is 0. The third-order valence-corrected chi connectivity index (χ3v) is 2.49. The van der Waals surface area contributed by atoms with Crippen molar-refractivity contribution in [2.24, 2.45) is 0 Å². The Labute approximate surface area is 104 Å². The molecule has 1 aliphatic heterocycles. The normalized spacial score (nSPS) is 22.3. The largest absolute Gasteiger partial charge is 0.479 e. The Balaban J connectivity index is 2.16. The molecular formula is C10H16N2O6. The van der Waals surface area contributed by atoms with Crippen LogP contribution in [0.5, 0.6) is 0 Å². The highest BCUT2D eigenvalue weighted by Crippen LogP contribution is 2.18. The van der Waals surface area contributed by atoms with Gasteiger partial charge in [-0.2, -0.15) is 0 Å². The molecule has 2 amide bonds. The van der Waals surface area contributed by atoms with Gasteiger partial charge in [-0.3, -0.25) is 4.79 Å². The quantitative estimate of drug-likeness (QED) is 0.551. The van der Waals surface area contributed by atoms with Gasteiger partial charge in [-0.25, -0.2) is 9.59 Å². The number of aliphatic carboxylic acids is 1. The summed E-state index contributed by atoms with van der Waals surface area (Å²) in [6, 6.07) is -0.525. The topological polar surface area (TPSA) is 114 Å². The van der Waals surface area contributed by atoms with Gasteiger partial charge in [0.25, 0.3) is 0 Å². The van der Waals surface area contributed by atoms with Crippen LogP contribution in [0.15, 0.2) is 0 Å². The van der Waals surface area contributed by atoms with Crippen molar-refractivity contribution < 1.29 is 29.0 Å². The van der Waals surface area contributed by atoms with Gasteiger partial charge >= 0.3 is 18.0 Å². The van der Waals surface area contributed by atoms with Crippen LogP contribution in [0.3, 0.4) is 0 Å². The number of carbonyl (C=O) groups is 3. The minimum Gasteiger partial charge on any atom is -0.479 e. The summed E-state index contributed by atoms with van der Waals surface area (Å²) in [4.78, 5) is 32.6. The number of carboxylic acid groups (broad SMARTS) is 1. The monoisotopic (exact) mass is 260 g/mol. The van der Waals surface area contributed by atoms with Crippen LogP contribution in [0, 0.1) is 0 Å². The molecular weight excluding hydrogens is 244 g/mol. The van der Waals surface area contributed by atoms with Crippen LogP contribution in [0.4, 0.5) is 4.79 Å². The second-order valence-electron chi connectivity index (χ2n) is 3.80. The minimum atomic E-state index is -0.993. The van der Waals surface area contributed by atoms with Gasteiger partial charge in [0, 0.05) is 6.54 Å². The molecule has 1 saturated heterocycles. The Morgan fingerprint density at radius 2 is 2.06 bits per heavy atom. The first-order valence-electron chi connectivity index (χ1n) is 5.49. The zero-order valence-corrected chi connectivity index (χ0v) is 9.97. The van der Waals surface area contributed by atoms with Crippen LogP contribution >= 0.6 is 0 Å². The summed E-state index contributed by atoms with van der Waals surface area (Å²) < 4.78 is 9.53. The van der Waals surface area contributed by atoms with Gasteiger partial charge in [0.05, 0.1) is 13.2 Å². The predicted octanol–water partition coefficient (Wildman–Crippen LogP) is -0.909. The smallest absolute Gasteiger partial charge is 0.332 e. The van der Waals surface area contributed by atoms with Crippen LogP contribution in [0.25, 0.3) is 0 Å². The molecule has 1 heterocycles. The van der Waals surface area contributed by atoms with E-state index in [0.29, 0.717) is 12.8 Å². The highest BCUT2D eigenvalue weighted by Gasteiger charge is 2.30. The van der Waals surface area contributed by atoms with Crippen molar-refractivity contribution in [3.05, 3.63) is 0 Å². The molecule has 18 heavy (non-hydrogen) atoms. The van der Waals surface area contributed by atoms with Gasteiger partial charge in [-0.15, -0.1) is 0 Å². The van der Waals surface area contributed by atoms with Crippen molar-refractivity contribution in [3.63, 3.8) is 0 Å². The Bertz CT molecular complexity index is 332. The Morgan fingerprint density at radius 1 is 1.33 bits per heavy atom. The second kappa shape index (κ2) is 6.80. The molecule has 0 aliphatic carbocycles. The first-order chi connectivity index (χ1) is 8.52. The van der Waals surface area contributed by atoms with Gasteiger partial charge in [0.1, 0.15) is 6.54 Å². The molecule has 2 unspecified atom stereocenters. The van der Waals surface area contributed by atoms with E-state index >= 15 is 0 Å². The number of hydrogen-bond donors (Lipinski definition) is 3. The molecule has 3 N–H and O–H groups in total.